The Labute approximate surface area is 153 Å². The topological polar surface area (TPSA) is 67.1 Å². The highest BCUT2D eigenvalue weighted by Gasteiger charge is 2.23. The Morgan fingerprint density at radius 3 is 2.81 bits per heavy atom. The molecule has 1 aromatic carbocycles. The Morgan fingerprint density at radius 2 is 2.00 bits per heavy atom. The van der Waals surface area contributed by atoms with Gasteiger partial charge in [0.25, 0.3) is 0 Å². The molecule has 1 atom stereocenters. The summed E-state index contributed by atoms with van der Waals surface area (Å²) in [5.74, 6) is 2.13. The number of aromatic nitrogens is 4. The van der Waals surface area contributed by atoms with E-state index in [-0.39, 0.29) is 6.61 Å². The monoisotopic (exact) mass is 351 g/mol. The van der Waals surface area contributed by atoms with Crippen LogP contribution in [-0.4, -0.2) is 44.6 Å². The highest BCUT2D eigenvalue weighted by Crippen LogP contribution is 2.28. The Kier molecular flexibility index (Phi) is 4.84. The van der Waals surface area contributed by atoms with Gasteiger partial charge in [-0.15, -0.1) is 0 Å². The first-order chi connectivity index (χ1) is 12.7. The molecule has 0 amide bonds. The van der Waals surface area contributed by atoms with Crippen LogP contribution in [0.2, 0.25) is 0 Å². The summed E-state index contributed by atoms with van der Waals surface area (Å²) in [6.45, 7) is 2.05. The number of fused-ring (bicyclic) bond motifs is 1. The van der Waals surface area contributed by atoms with Gasteiger partial charge in [-0.05, 0) is 30.7 Å². The smallest absolute Gasteiger partial charge is 0.163 e. The molecule has 1 aliphatic heterocycles. The molecule has 0 unspecified atom stereocenters. The number of aryl methyl sites for hydroxylation is 3. The van der Waals surface area contributed by atoms with Gasteiger partial charge in [0, 0.05) is 33.2 Å². The number of hydrogen-bond donors (Lipinski definition) is 1. The fourth-order valence-electron chi connectivity index (χ4n) is 3.71. The van der Waals surface area contributed by atoms with Crippen molar-refractivity contribution in [2.45, 2.75) is 25.7 Å². The fourth-order valence-corrected chi connectivity index (χ4v) is 3.71. The molecule has 136 valence electrons. The molecule has 3 aromatic rings. The molecule has 1 fully saturated rings. The molecule has 6 nitrogen and oxygen atoms in total. The van der Waals surface area contributed by atoms with Crippen LogP contribution in [0.4, 0.5) is 5.82 Å². The third kappa shape index (κ3) is 3.42. The van der Waals surface area contributed by atoms with Gasteiger partial charge < -0.3 is 10.0 Å². The first-order valence-electron chi connectivity index (χ1n) is 9.33. The summed E-state index contributed by atoms with van der Waals surface area (Å²) in [6, 6.07) is 10.4. The number of nitrogens with zero attached hydrogens (tertiary/aromatic N) is 5. The van der Waals surface area contributed by atoms with Crippen LogP contribution in [0.1, 0.15) is 24.2 Å². The zero-order valence-corrected chi connectivity index (χ0v) is 15.2. The summed E-state index contributed by atoms with van der Waals surface area (Å²) in [7, 11) is 1.92. The van der Waals surface area contributed by atoms with E-state index in [9.17, 15) is 5.11 Å². The average molecular weight is 351 g/mol. The Morgan fingerprint density at radius 1 is 1.15 bits per heavy atom. The molecule has 1 N–H and O–H groups in total. The lowest BCUT2D eigenvalue weighted by molar-refractivity contribution is 0.208. The zero-order chi connectivity index (χ0) is 17.9. The van der Waals surface area contributed by atoms with Crippen LogP contribution in [0, 0.1) is 5.92 Å². The van der Waals surface area contributed by atoms with Crippen molar-refractivity contribution in [3.8, 4) is 0 Å². The first kappa shape index (κ1) is 17.0. The van der Waals surface area contributed by atoms with Gasteiger partial charge in [0.05, 0.1) is 11.6 Å². The molecule has 1 aliphatic rings. The van der Waals surface area contributed by atoms with Gasteiger partial charge in [0.2, 0.25) is 0 Å². The van der Waals surface area contributed by atoms with Crippen molar-refractivity contribution in [3.63, 3.8) is 0 Å². The van der Waals surface area contributed by atoms with Crippen LogP contribution >= 0.6 is 0 Å². The predicted octanol–water partition coefficient (Wildman–Crippen LogP) is 2.36. The minimum absolute atomic E-state index is 0.235. The molecule has 4 rings (SSSR count). The van der Waals surface area contributed by atoms with E-state index >= 15 is 0 Å². The molecule has 0 spiro atoms. The molecule has 0 saturated carbocycles. The SMILES string of the molecule is Cn1ncc2c(N3CCC[C@@H](CO)C3)nc(CCc3ccccc3)nc21. The minimum atomic E-state index is 0.235. The molecule has 0 bridgehead atoms. The Hall–Kier alpha value is -2.47. The van der Waals surface area contributed by atoms with Crippen molar-refractivity contribution in [1.29, 1.82) is 0 Å². The zero-order valence-electron chi connectivity index (χ0n) is 15.2. The van der Waals surface area contributed by atoms with Gasteiger partial charge in [-0.3, -0.25) is 4.68 Å². The van der Waals surface area contributed by atoms with Gasteiger partial charge in [0.1, 0.15) is 11.6 Å². The second kappa shape index (κ2) is 7.41. The van der Waals surface area contributed by atoms with Gasteiger partial charge in [-0.2, -0.15) is 5.10 Å². The maximum atomic E-state index is 9.56. The van der Waals surface area contributed by atoms with Crippen molar-refractivity contribution >= 4 is 16.9 Å². The van der Waals surface area contributed by atoms with Crippen LogP contribution in [0.25, 0.3) is 11.0 Å². The van der Waals surface area contributed by atoms with E-state index in [1.807, 2.05) is 24.0 Å². The number of rotatable bonds is 5. The van der Waals surface area contributed by atoms with E-state index in [0.717, 1.165) is 61.4 Å². The maximum absolute atomic E-state index is 9.56. The summed E-state index contributed by atoms with van der Waals surface area (Å²) < 4.78 is 1.82. The van der Waals surface area contributed by atoms with Gasteiger partial charge in [-0.1, -0.05) is 30.3 Å². The van der Waals surface area contributed by atoms with Crippen LogP contribution < -0.4 is 4.90 Å². The second-order valence-electron chi connectivity index (χ2n) is 7.09. The van der Waals surface area contributed by atoms with Crippen molar-refractivity contribution in [2.75, 3.05) is 24.6 Å². The standard InChI is InChI=1S/C20H25N5O/c1-24-19-17(12-21-24)20(25-11-5-8-16(13-25)14-26)23-18(22-19)10-9-15-6-3-2-4-7-15/h2-4,6-7,12,16,26H,5,8-11,13-14H2,1H3/t16-/m1/s1. The summed E-state index contributed by atoms with van der Waals surface area (Å²) >= 11 is 0. The lowest BCUT2D eigenvalue weighted by atomic mass is 9.99. The van der Waals surface area contributed by atoms with Crippen molar-refractivity contribution < 1.29 is 5.11 Å². The van der Waals surface area contributed by atoms with Crippen molar-refractivity contribution in [2.24, 2.45) is 13.0 Å². The third-order valence-electron chi connectivity index (χ3n) is 5.18. The van der Waals surface area contributed by atoms with Gasteiger partial charge in [-0.25, -0.2) is 9.97 Å². The van der Waals surface area contributed by atoms with E-state index in [0.29, 0.717) is 5.92 Å². The van der Waals surface area contributed by atoms with E-state index < -0.39 is 0 Å². The van der Waals surface area contributed by atoms with Crippen LogP contribution in [0.15, 0.2) is 36.5 Å². The largest absolute Gasteiger partial charge is 0.396 e. The lowest BCUT2D eigenvalue weighted by Gasteiger charge is -2.33. The highest BCUT2D eigenvalue weighted by atomic mass is 16.3. The maximum Gasteiger partial charge on any atom is 0.163 e. The normalized spacial score (nSPS) is 17.8. The lowest BCUT2D eigenvalue weighted by Crippen LogP contribution is -2.37. The van der Waals surface area contributed by atoms with Crippen molar-refractivity contribution in [1.82, 2.24) is 19.7 Å². The number of aliphatic hydroxyl groups excluding tert-OH is 1. The first-order valence-corrected chi connectivity index (χ1v) is 9.33. The number of benzene rings is 1. The summed E-state index contributed by atoms with van der Waals surface area (Å²) in [6.07, 6.45) is 5.73. The molecule has 0 aliphatic carbocycles. The number of aliphatic hydroxyl groups is 1. The van der Waals surface area contributed by atoms with Crippen LogP contribution in [-0.2, 0) is 19.9 Å². The number of hydrogen-bond acceptors (Lipinski definition) is 5. The van der Waals surface area contributed by atoms with E-state index in [1.54, 1.807) is 0 Å². The van der Waals surface area contributed by atoms with E-state index in [2.05, 4.69) is 34.3 Å². The molecular weight excluding hydrogens is 326 g/mol. The van der Waals surface area contributed by atoms with Gasteiger partial charge in [0.15, 0.2) is 5.65 Å². The number of piperidine rings is 1. The molecule has 26 heavy (non-hydrogen) atoms. The summed E-state index contributed by atoms with van der Waals surface area (Å²) in [5, 5.41) is 14.9. The molecule has 0 radical (unpaired) electrons. The minimum Gasteiger partial charge on any atom is -0.396 e. The van der Waals surface area contributed by atoms with Gasteiger partial charge >= 0.3 is 0 Å². The second-order valence-corrected chi connectivity index (χ2v) is 7.09. The molecule has 6 heteroatoms. The quantitative estimate of drug-likeness (QED) is 0.764. The molecule has 2 aromatic heterocycles. The Bertz CT molecular complexity index is 877. The summed E-state index contributed by atoms with van der Waals surface area (Å²) in [5.41, 5.74) is 2.17. The molecule has 1 saturated heterocycles. The predicted molar refractivity (Wildman–Crippen MR) is 102 cm³/mol. The highest BCUT2D eigenvalue weighted by molar-refractivity contribution is 5.87. The number of anilines is 1. The average Bonchev–Trinajstić information content (AvgIpc) is 3.07. The third-order valence-corrected chi connectivity index (χ3v) is 5.18. The molecule has 3 heterocycles. The molecular formula is C20H25N5O. The van der Waals surface area contributed by atoms with Crippen LogP contribution in [0.5, 0.6) is 0 Å². The van der Waals surface area contributed by atoms with E-state index in [1.165, 1.54) is 5.56 Å². The van der Waals surface area contributed by atoms with E-state index in [4.69, 9.17) is 9.97 Å². The Balaban J connectivity index is 1.65. The fraction of sp³-hybridized carbons (Fsp3) is 0.450. The van der Waals surface area contributed by atoms with Crippen molar-refractivity contribution in [3.05, 3.63) is 47.9 Å². The summed E-state index contributed by atoms with van der Waals surface area (Å²) in [4.78, 5) is 12.0. The van der Waals surface area contributed by atoms with Crippen LogP contribution in [0.3, 0.4) is 0 Å².